The van der Waals surface area contributed by atoms with E-state index in [1.807, 2.05) is 18.2 Å². The van der Waals surface area contributed by atoms with Crippen molar-refractivity contribution in [2.45, 2.75) is 31.0 Å². The number of aromatic nitrogens is 1. The number of benzene rings is 1. The lowest BCUT2D eigenvalue weighted by molar-refractivity contribution is -0.141. The van der Waals surface area contributed by atoms with Gasteiger partial charge in [0.2, 0.25) is 17.7 Å². The van der Waals surface area contributed by atoms with Gasteiger partial charge in [-0.25, -0.2) is 0 Å². The van der Waals surface area contributed by atoms with Gasteiger partial charge < -0.3 is 36.9 Å². The molecular formula is C20H25N5O7S. The Kier molecular flexibility index (Phi) is 9.24. The Morgan fingerprint density at radius 3 is 2.27 bits per heavy atom. The highest BCUT2D eigenvalue weighted by Gasteiger charge is 2.30. The van der Waals surface area contributed by atoms with Crippen molar-refractivity contribution in [1.29, 1.82) is 0 Å². The highest BCUT2D eigenvalue weighted by Crippen LogP contribution is 2.19. The molecule has 0 saturated carbocycles. The van der Waals surface area contributed by atoms with Gasteiger partial charge in [-0.3, -0.25) is 24.0 Å². The molecule has 0 aliphatic carbocycles. The van der Waals surface area contributed by atoms with Crippen LogP contribution in [0.2, 0.25) is 0 Å². The predicted molar refractivity (Wildman–Crippen MR) is 121 cm³/mol. The molecule has 1 aromatic carbocycles. The maximum absolute atomic E-state index is 12.8. The van der Waals surface area contributed by atoms with Gasteiger partial charge in [0, 0.05) is 29.3 Å². The Bertz CT molecular complexity index is 1040. The predicted octanol–water partition coefficient (Wildman–Crippen LogP) is -1.39. The van der Waals surface area contributed by atoms with Gasteiger partial charge in [0.1, 0.15) is 18.6 Å². The van der Waals surface area contributed by atoms with Crippen LogP contribution in [0.15, 0.2) is 30.5 Å². The summed E-state index contributed by atoms with van der Waals surface area (Å²) in [4.78, 5) is 62.6. The fourth-order valence-corrected chi connectivity index (χ4v) is 3.20. The van der Waals surface area contributed by atoms with Gasteiger partial charge >= 0.3 is 11.9 Å². The lowest BCUT2D eigenvalue weighted by Crippen LogP contribution is -2.57. The number of nitrogens with two attached hydrogens (primary N) is 1. The third kappa shape index (κ3) is 7.50. The van der Waals surface area contributed by atoms with Crippen LogP contribution in [0.3, 0.4) is 0 Å². The smallest absolute Gasteiger partial charge is 0.322 e. The average Bonchev–Trinajstić information content (AvgIpc) is 3.18. The van der Waals surface area contributed by atoms with Crippen molar-refractivity contribution in [3.05, 3.63) is 36.0 Å². The minimum absolute atomic E-state index is 0.0227. The summed E-state index contributed by atoms with van der Waals surface area (Å²) in [5.41, 5.74) is 7.02. The molecule has 3 atom stereocenters. The first-order chi connectivity index (χ1) is 15.6. The number of thiol groups is 1. The fourth-order valence-electron chi connectivity index (χ4n) is 3.03. The van der Waals surface area contributed by atoms with Crippen molar-refractivity contribution in [3.63, 3.8) is 0 Å². The first-order valence-electron chi connectivity index (χ1n) is 9.85. The van der Waals surface area contributed by atoms with Crippen molar-refractivity contribution in [1.82, 2.24) is 20.9 Å². The van der Waals surface area contributed by atoms with Gasteiger partial charge in [-0.05, 0) is 11.6 Å². The molecule has 0 radical (unpaired) electrons. The molecule has 0 aliphatic heterocycles. The molecule has 8 N–H and O–H groups in total. The van der Waals surface area contributed by atoms with E-state index in [9.17, 15) is 24.0 Å². The molecule has 0 bridgehead atoms. The minimum Gasteiger partial charge on any atom is -0.481 e. The number of amides is 3. The highest BCUT2D eigenvalue weighted by molar-refractivity contribution is 7.80. The third-order valence-electron chi connectivity index (χ3n) is 4.69. The summed E-state index contributed by atoms with van der Waals surface area (Å²) in [6.07, 6.45) is 0.870. The van der Waals surface area contributed by atoms with Crippen LogP contribution in [0.1, 0.15) is 12.0 Å². The molecule has 3 unspecified atom stereocenters. The number of hydrogen-bond donors (Lipinski definition) is 8. The number of carboxylic acids is 2. The Hall–Kier alpha value is -3.58. The Morgan fingerprint density at radius 2 is 1.64 bits per heavy atom. The van der Waals surface area contributed by atoms with Gasteiger partial charge in [0.25, 0.3) is 0 Å². The molecule has 178 valence electrons. The van der Waals surface area contributed by atoms with E-state index in [0.29, 0.717) is 5.56 Å². The molecule has 12 nitrogen and oxygen atoms in total. The lowest BCUT2D eigenvalue weighted by Gasteiger charge is -2.23. The Balaban J connectivity index is 2.25. The molecule has 13 heteroatoms. The number of aliphatic carboxylic acids is 2. The molecule has 33 heavy (non-hydrogen) atoms. The number of para-hydroxylation sites is 1. The van der Waals surface area contributed by atoms with Crippen LogP contribution in [-0.4, -0.2) is 75.3 Å². The van der Waals surface area contributed by atoms with Crippen molar-refractivity contribution >= 4 is 53.2 Å². The third-order valence-corrected chi connectivity index (χ3v) is 5.08. The molecule has 0 saturated heterocycles. The van der Waals surface area contributed by atoms with Crippen LogP contribution in [0.25, 0.3) is 10.9 Å². The summed E-state index contributed by atoms with van der Waals surface area (Å²) >= 11 is 3.89. The number of carbonyl (C=O) groups excluding carboxylic acids is 3. The number of carboxylic acid groups (broad SMARTS) is 2. The van der Waals surface area contributed by atoms with Crippen molar-refractivity contribution in [3.8, 4) is 0 Å². The van der Waals surface area contributed by atoms with E-state index in [2.05, 4.69) is 33.6 Å². The Morgan fingerprint density at radius 1 is 0.970 bits per heavy atom. The molecule has 1 heterocycles. The summed E-state index contributed by atoms with van der Waals surface area (Å²) < 4.78 is 0. The van der Waals surface area contributed by atoms with E-state index >= 15 is 0 Å². The second kappa shape index (κ2) is 11.9. The van der Waals surface area contributed by atoms with Crippen LogP contribution in [0.5, 0.6) is 0 Å². The summed E-state index contributed by atoms with van der Waals surface area (Å²) in [7, 11) is 0. The molecule has 2 rings (SSSR count). The summed E-state index contributed by atoms with van der Waals surface area (Å²) in [5.74, 6) is -5.19. The molecule has 0 fully saturated rings. The van der Waals surface area contributed by atoms with Crippen LogP contribution < -0.4 is 21.7 Å². The number of nitrogens with one attached hydrogen (secondary N) is 4. The normalized spacial score (nSPS) is 13.5. The molecule has 0 aliphatic rings. The van der Waals surface area contributed by atoms with Gasteiger partial charge in [-0.2, -0.15) is 12.6 Å². The second-order valence-electron chi connectivity index (χ2n) is 7.18. The van der Waals surface area contributed by atoms with Gasteiger partial charge in [-0.1, -0.05) is 18.2 Å². The van der Waals surface area contributed by atoms with Crippen LogP contribution >= 0.6 is 12.6 Å². The number of rotatable bonds is 12. The SMILES string of the molecule is NC(CS)C(=O)NC(CC(=O)O)C(=O)NC(Cc1c[nH]c2ccccc12)C(=O)NCC(=O)O. The summed E-state index contributed by atoms with van der Waals surface area (Å²) in [6, 6.07) is 3.40. The number of fused-ring (bicyclic) bond motifs is 1. The monoisotopic (exact) mass is 479 g/mol. The number of hydrogen-bond acceptors (Lipinski definition) is 7. The van der Waals surface area contributed by atoms with Crippen molar-refractivity contribution in [2.24, 2.45) is 5.73 Å². The van der Waals surface area contributed by atoms with E-state index in [1.165, 1.54) is 0 Å². The van der Waals surface area contributed by atoms with Crippen LogP contribution in [0, 0.1) is 0 Å². The van der Waals surface area contributed by atoms with Gasteiger partial charge in [0.15, 0.2) is 0 Å². The van der Waals surface area contributed by atoms with Gasteiger partial charge in [-0.15, -0.1) is 0 Å². The summed E-state index contributed by atoms with van der Waals surface area (Å²) in [6.45, 7) is -0.675. The number of H-pyrrole nitrogens is 1. The maximum Gasteiger partial charge on any atom is 0.322 e. The van der Waals surface area contributed by atoms with E-state index in [0.717, 1.165) is 10.9 Å². The molecule has 0 spiro atoms. The van der Waals surface area contributed by atoms with Crippen molar-refractivity contribution in [2.75, 3.05) is 12.3 Å². The van der Waals surface area contributed by atoms with Crippen LogP contribution in [-0.2, 0) is 30.4 Å². The van der Waals surface area contributed by atoms with Gasteiger partial charge in [0.05, 0.1) is 12.5 Å². The zero-order valence-corrected chi connectivity index (χ0v) is 18.3. The van der Waals surface area contributed by atoms with E-state index in [4.69, 9.17) is 15.9 Å². The molecule has 1 aromatic heterocycles. The zero-order valence-electron chi connectivity index (χ0n) is 17.4. The zero-order chi connectivity index (χ0) is 24.5. The van der Waals surface area contributed by atoms with Crippen molar-refractivity contribution < 1.29 is 34.2 Å². The largest absolute Gasteiger partial charge is 0.481 e. The second-order valence-corrected chi connectivity index (χ2v) is 7.55. The molecule has 3 amide bonds. The fraction of sp³-hybridized carbons (Fsp3) is 0.350. The number of carbonyl (C=O) groups is 5. The summed E-state index contributed by atoms with van der Waals surface area (Å²) in [5, 5.41) is 25.6. The first-order valence-corrected chi connectivity index (χ1v) is 10.5. The van der Waals surface area contributed by atoms with E-state index < -0.39 is 60.8 Å². The quantitative estimate of drug-likeness (QED) is 0.170. The first kappa shape index (κ1) is 25.7. The standard InChI is InChI=1S/C20H25N5O7S/c21-12(9-33)18(30)24-15(6-16(26)27)20(32)25-14(19(31)23-8-17(28)29)5-10-7-22-13-4-2-1-3-11(10)13/h1-4,7,12,14-15,22,33H,5-6,8-9,21H2,(H,23,31)(H,24,30)(H,25,32)(H,26,27)(H,28,29). The number of aromatic amines is 1. The molecule has 2 aromatic rings. The maximum atomic E-state index is 12.8. The average molecular weight is 480 g/mol. The van der Waals surface area contributed by atoms with Crippen LogP contribution in [0.4, 0.5) is 0 Å². The molecular weight excluding hydrogens is 454 g/mol. The topological polar surface area (TPSA) is 204 Å². The van der Waals surface area contributed by atoms with E-state index in [-0.39, 0.29) is 12.2 Å². The minimum atomic E-state index is -1.52. The highest BCUT2D eigenvalue weighted by atomic mass is 32.1. The Labute approximate surface area is 193 Å². The lowest BCUT2D eigenvalue weighted by atomic mass is 10.0. The van der Waals surface area contributed by atoms with E-state index in [1.54, 1.807) is 12.3 Å².